The maximum atomic E-state index is 5.42. The second-order valence-corrected chi connectivity index (χ2v) is 1.87. The lowest BCUT2D eigenvalue weighted by atomic mass is 10.3. The summed E-state index contributed by atoms with van der Waals surface area (Å²) in [4.78, 5) is 0. The van der Waals surface area contributed by atoms with E-state index in [0.29, 0.717) is 6.61 Å². The van der Waals surface area contributed by atoms with E-state index in [4.69, 9.17) is 16.2 Å². The zero-order valence-electron chi connectivity index (χ0n) is 4.13. The first kappa shape index (κ1) is 5.03. The van der Waals surface area contributed by atoms with Crippen molar-refractivity contribution in [1.29, 1.82) is 0 Å². The predicted molar refractivity (Wildman–Crippen MR) is 26.5 cm³/mol. The van der Waals surface area contributed by atoms with Gasteiger partial charge in [-0.25, -0.2) is 0 Å². The van der Waals surface area contributed by atoms with E-state index in [1.807, 2.05) is 0 Å². The molecule has 0 aromatic carbocycles. The van der Waals surface area contributed by atoms with Gasteiger partial charge >= 0.3 is 0 Å². The molecule has 2 atom stereocenters. The highest BCUT2D eigenvalue weighted by atomic mass is 16.5. The van der Waals surface area contributed by atoms with Crippen LogP contribution in [0.5, 0.6) is 0 Å². The minimum Gasteiger partial charge on any atom is -0.362 e. The fourth-order valence-electron chi connectivity index (χ4n) is 0.682. The summed E-state index contributed by atoms with van der Waals surface area (Å²) in [5, 5.41) is 0. The lowest BCUT2D eigenvalue weighted by molar-refractivity contribution is 0.115. The van der Waals surface area contributed by atoms with Gasteiger partial charge in [-0.1, -0.05) is 0 Å². The van der Waals surface area contributed by atoms with Crippen molar-refractivity contribution >= 4 is 0 Å². The summed E-state index contributed by atoms with van der Waals surface area (Å²) in [7, 11) is 0. The molecule has 0 saturated carbocycles. The van der Waals surface area contributed by atoms with Crippen molar-refractivity contribution in [3.63, 3.8) is 0 Å². The fraction of sp³-hybridized carbons (Fsp3) is 1.00. The Kier molecular flexibility index (Phi) is 1.27. The Hall–Kier alpha value is -0.120. The number of nitrogens with two attached hydrogens (primary N) is 2. The van der Waals surface area contributed by atoms with Crippen molar-refractivity contribution in [3.8, 4) is 0 Å². The smallest absolute Gasteiger partial charge is 0.107 e. The molecule has 0 aromatic rings. The Morgan fingerprint density at radius 2 is 2.14 bits per heavy atom. The summed E-state index contributed by atoms with van der Waals surface area (Å²) in [6, 6.07) is 0.176. The van der Waals surface area contributed by atoms with Crippen LogP contribution in [0.25, 0.3) is 0 Å². The molecule has 4 N–H and O–H groups in total. The van der Waals surface area contributed by atoms with Gasteiger partial charge in [-0.15, -0.1) is 0 Å². The van der Waals surface area contributed by atoms with Gasteiger partial charge in [-0.3, -0.25) is 0 Å². The molecule has 2 unspecified atom stereocenters. The summed E-state index contributed by atoms with van der Waals surface area (Å²) >= 11 is 0. The summed E-state index contributed by atoms with van der Waals surface area (Å²) in [5.41, 5.74) is 10.7. The fourth-order valence-corrected chi connectivity index (χ4v) is 0.682. The molecule has 0 aliphatic carbocycles. The Bertz CT molecular complexity index is 58.7. The Balaban J connectivity index is 2.26. The van der Waals surface area contributed by atoms with Crippen LogP contribution < -0.4 is 11.5 Å². The molecule has 0 radical (unpaired) electrons. The standard InChI is InChI=1S/C4H10N2O/c5-3-1-4(6)7-2-3/h3-4H,1-2,5-6H2. The number of hydrogen-bond donors (Lipinski definition) is 2. The third kappa shape index (κ3) is 1.12. The van der Waals surface area contributed by atoms with E-state index >= 15 is 0 Å². The first-order valence-corrected chi connectivity index (χ1v) is 2.42. The summed E-state index contributed by atoms with van der Waals surface area (Å²) < 4.78 is 4.92. The Morgan fingerprint density at radius 3 is 2.29 bits per heavy atom. The first-order valence-electron chi connectivity index (χ1n) is 2.42. The molecule has 0 aromatic heterocycles. The SMILES string of the molecule is NC1COC(N)C1. The lowest BCUT2D eigenvalue weighted by Crippen LogP contribution is -2.21. The van der Waals surface area contributed by atoms with Crippen LogP contribution in [0.3, 0.4) is 0 Å². The molecule has 1 saturated heterocycles. The van der Waals surface area contributed by atoms with E-state index in [9.17, 15) is 0 Å². The van der Waals surface area contributed by atoms with Gasteiger partial charge < -0.3 is 16.2 Å². The molecular formula is C4H10N2O. The first-order chi connectivity index (χ1) is 3.29. The largest absolute Gasteiger partial charge is 0.362 e. The van der Waals surface area contributed by atoms with Crippen LogP contribution in [0.15, 0.2) is 0 Å². The average molecular weight is 102 g/mol. The van der Waals surface area contributed by atoms with Crippen molar-refractivity contribution in [3.05, 3.63) is 0 Å². The number of ether oxygens (including phenoxy) is 1. The van der Waals surface area contributed by atoms with Crippen LogP contribution in [0.1, 0.15) is 6.42 Å². The average Bonchev–Trinajstić information content (AvgIpc) is 1.87. The molecule has 0 spiro atoms. The van der Waals surface area contributed by atoms with Gasteiger partial charge in [0.15, 0.2) is 0 Å². The van der Waals surface area contributed by atoms with Crippen LogP contribution in [0, 0.1) is 0 Å². The Morgan fingerprint density at radius 1 is 1.43 bits per heavy atom. The predicted octanol–water partition coefficient (Wildman–Crippen LogP) is -0.981. The minimum absolute atomic E-state index is 0.102. The number of hydrogen-bond acceptors (Lipinski definition) is 3. The van der Waals surface area contributed by atoms with Crippen LogP contribution in [-0.2, 0) is 4.74 Å². The van der Waals surface area contributed by atoms with Crippen molar-refractivity contribution in [2.75, 3.05) is 6.61 Å². The van der Waals surface area contributed by atoms with Crippen molar-refractivity contribution < 1.29 is 4.74 Å². The summed E-state index contributed by atoms with van der Waals surface area (Å²) in [6.45, 7) is 0.626. The molecule has 0 bridgehead atoms. The normalized spacial score (nSPS) is 42.0. The van der Waals surface area contributed by atoms with E-state index in [0.717, 1.165) is 6.42 Å². The molecule has 3 heteroatoms. The lowest BCUT2D eigenvalue weighted by Gasteiger charge is -1.95. The second-order valence-electron chi connectivity index (χ2n) is 1.87. The molecule has 1 aliphatic heterocycles. The number of rotatable bonds is 0. The molecule has 0 amide bonds. The topological polar surface area (TPSA) is 61.3 Å². The van der Waals surface area contributed by atoms with E-state index in [2.05, 4.69) is 0 Å². The van der Waals surface area contributed by atoms with E-state index < -0.39 is 0 Å². The molecule has 1 aliphatic rings. The van der Waals surface area contributed by atoms with Gasteiger partial charge in [-0.05, 0) is 0 Å². The van der Waals surface area contributed by atoms with E-state index in [1.54, 1.807) is 0 Å². The quantitative estimate of drug-likeness (QED) is 0.413. The summed E-state index contributed by atoms with van der Waals surface area (Å²) in [5.74, 6) is 0. The highest BCUT2D eigenvalue weighted by Crippen LogP contribution is 2.04. The van der Waals surface area contributed by atoms with Crippen LogP contribution in [-0.4, -0.2) is 18.9 Å². The zero-order valence-corrected chi connectivity index (χ0v) is 4.13. The van der Waals surface area contributed by atoms with Gasteiger partial charge in [0, 0.05) is 12.5 Å². The zero-order chi connectivity index (χ0) is 5.28. The van der Waals surface area contributed by atoms with Crippen LogP contribution in [0.2, 0.25) is 0 Å². The molecule has 1 rings (SSSR count). The maximum Gasteiger partial charge on any atom is 0.107 e. The second kappa shape index (κ2) is 1.78. The van der Waals surface area contributed by atoms with Crippen LogP contribution >= 0.6 is 0 Å². The van der Waals surface area contributed by atoms with E-state index in [1.165, 1.54) is 0 Å². The van der Waals surface area contributed by atoms with Crippen molar-refractivity contribution in [2.45, 2.75) is 18.7 Å². The molecule has 42 valence electrons. The molecule has 7 heavy (non-hydrogen) atoms. The minimum atomic E-state index is -0.102. The van der Waals surface area contributed by atoms with Crippen molar-refractivity contribution in [1.82, 2.24) is 0 Å². The molecular weight excluding hydrogens is 92.1 g/mol. The molecule has 3 nitrogen and oxygen atoms in total. The van der Waals surface area contributed by atoms with Gasteiger partial charge in [0.25, 0.3) is 0 Å². The monoisotopic (exact) mass is 102 g/mol. The van der Waals surface area contributed by atoms with Crippen LogP contribution in [0.4, 0.5) is 0 Å². The molecule has 1 heterocycles. The van der Waals surface area contributed by atoms with Gasteiger partial charge in [0.1, 0.15) is 6.23 Å². The van der Waals surface area contributed by atoms with Gasteiger partial charge in [0.05, 0.1) is 6.61 Å². The third-order valence-electron chi connectivity index (χ3n) is 1.06. The van der Waals surface area contributed by atoms with Gasteiger partial charge in [-0.2, -0.15) is 0 Å². The third-order valence-corrected chi connectivity index (χ3v) is 1.06. The maximum absolute atomic E-state index is 5.42. The summed E-state index contributed by atoms with van der Waals surface area (Å²) in [6.07, 6.45) is 0.704. The highest BCUT2D eigenvalue weighted by molar-refractivity contribution is 4.70. The highest BCUT2D eigenvalue weighted by Gasteiger charge is 2.17. The molecule has 1 fully saturated rings. The van der Waals surface area contributed by atoms with Gasteiger partial charge in [0.2, 0.25) is 0 Å². The Labute approximate surface area is 42.6 Å². The van der Waals surface area contributed by atoms with E-state index in [-0.39, 0.29) is 12.3 Å². The van der Waals surface area contributed by atoms with Crippen molar-refractivity contribution in [2.24, 2.45) is 11.5 Å².